The summed E-state index contributed by atoms with van der Waals surface area (Å²) in [4.78, 5) is 34.3. The number of nitrogens with one attached hydrogen (secondary N) is 2. The highest BCUT2D eigenvalue weighted by Gasteiger charge is 2.30. The number of carbonyl (C=O) groups is 2. The minimum Gasteiger partial charge on any atom is -0.350 e. The van der Waals surface area contributed by atoms with Crippen molar-refractivity contribution in [3.63, 3.8) is 0 Å². The van der Waals surface area contributed by atoms with Crippen LogP contribution in [0.4, 0.5) is 5.69 Å². The van der Waals surface area contributed by atoms with Crippen LogP contribution in [0.1, 0.15) is 40.4 Å². The van der Waals surface area contributed by atoms with Gasteiger partial charge in [-0.05, 0) is 40.8 Å². The summed E-state index contributed by atoms with van der Waals surface area (Å²) in [6, 6.07) is 6.80. The summed E-state index contributed by atoms with van der Waals surface area (Å²) in [5.74, 6) is -2.99. The molecule has 1 aliphatic rings. The number of nitrogens with zero attached hydrogens (tertiary/aromatic N) is 2. The van der Waals surface area contributed by atoms with E-state index >= 15 is 0 Å². The topological polar surface area (TPSA) is 192 Å². The molecule has 0 unspecified atom stereocenters. The molecule has 0 saturated heterocycles. The van der Waals surface area contributed by atoms with Crippen molar-refractivity contribution in [2.45, 2.75) is 19.3 Å². The van der Waals surface area contributed by atoms with Gasteiger partial charge in [-0.2, -0.15) is 16.8 Å². The van der Waals surface area contributed by atoms with E-state index in [0.717, 1.165) is 21.3 Å². The van der Waals surface area contributed by atoms with E-state index in [1.807, 2.05) is 37.6 Å². The molecule has 38 heavy (non-hydrogen) atoms. The lowest BCUT2D eigenvalue weighted by molar-refractivity contribution is 0.0947. The molecule has 0 bridgehead atoms. The lowest BCUT2D eigenvalue weighted by Gasteiger charge is -2.18. The molecule has 2 aromatic heterocycles. The highest BCUT2D eigenvalue weighted by Crippen LogP contribution is 2.47. The first-order chi connectivity index (χ1) is 17.6. The first kappa shape index (κ1) is 27.8. The van der Waals surface area contributed by atoms with Crippen LogP contribution >= 0.6 is 11.3 Å². The maximum Gasteiger partial charge on any atom is 0.269 e. The molecule has 2 amide bonds. The molecule has 0 radical (unpaired) electrons. The van der Waals surface area contributed by atoms with Gasteiger partial charge in [0.1, 0.15) is 11.4 Å². The van der Waals surface area contributed by atoms with Gasteiger partial charge in [0.05, 0.1) is 17.2 Å². The van der Waals surface area contributed by atoms with E-state index in [0.29, 0.717) is 11.1 Å². The number of pyridine rings is 1. The van der Waals surface area contributed by atoms with Gasteiger partial charge < -0.3 is 10.6 Å². The standard InChI is InChI=1S/C23H24N4O8S3/c1-23(2)12-26-19-14-3-6-36-20(14)15(11-16(19)23)13-9-17(21(28)24-4-7-37(30,31)32)27-18(10-13)22(29)25-5-8-38(33,34)35/h3,6,9-12H,4-5,7-8H2,1-2H3,(H,24,28)(H,25,29)(H,30,31,32)(H,33,34,35). The molecule has 3 heterocycles. The second kappa shape index (κ2) is 10.1. The van der Waals surface area contributed by atoms with E-state index < -0.39 is 43.6 Å². The van der Waals surface area contributed by atoms with Gasteiger partial charge in [-0.15, -0.1) is 11.3 Å². The summed E-state index contributed by atoms with van der Waals surface area (Å²) >= 11 is 1.45. The maximum absolute atomic E-state index is 12.8. The van der Waals surface area contributed by atoms with Crippen molar-refractivity contribution >= 4 is 65.4 Å². The molecule has 0 atom stereocenters. The second-order valence-corrected chi connectivity index (χ2v) is 13.2. The zero-order chi connectivity index (χ0) is 27.9. The van der Waals surface area contributed by atoms with Crippen LogP contribution in [0.25, 0.3) is 21.2 Å². The fourth-order valence-electron chi connectivity index (χ4n) is 3.95. The maximum atomic E-state index is 12.8. The van der Waals surface area contributed by atoms with Crippen LogP contribution in [0, 0.1) is 0 Å². The van der Waals surface area contributed by atoms with Gasteiger partial charge in [0.25, 0.3) is 32.1 Å². The van der Waals surface area contributed by atoms with Gasteiger partial charge in [0.2, 0.25) is 0 Å². The third kappa shape index (κ3) is 6.24. The van der Waals surface area contributed by atoms with Crippen molar-refractivity contribution in [3.05, 3.63) is 46.6 Å². The first-order valence-electron chi connectivity index (χ1n) is 11.2. The van der Waals surface area contributed by atoms with E-state index in [2.05, 4.69) is 20.6 Å². The molecule has 4 rings (SSSR count). The molecule has 0 spiro atoms. The smallest absolute Gasteiger partial charge is 0.269 e. The Morgan fingerprint density at radius 3 is 2.03 bits per heavy atom. The molecule has 15 heteroatoms. The number of aromatic nitrogens is 1. The summed E-state index contributed by atoms with van der Waals surface area (Å²) < 4.78 is 62.8. The summed E-state index contributed by atoms with van der Waals surface area (Å²) in [7, 11) is -8.62. The number of carbonyl (C=O) groups excluding carboxylic acids is 2. The Hall–Kier alpha value is -3.24. The quantitative estimate of drug-likeness (QED) is 0.275. The number of benzene rings is 1. The number of hydrogen-bond donors (Lipinski definition) is 4. The van der Waals surface area contributed by atoms with E-state index in [4.69, 9.17) is 9.11 Å². The van der Waals surface area contributed by atoms with Crippen LogP contribution in [0.15, 0.2) is 34.6 Å². The summed E-state index contributed by atoms with van der Waals surface area (Å²) in [5, 5.41) is 7.50. The Kier molecular flexibility index (Phi) is 7.42. The van der Waals surface area contributed by atoms with E-state index in [-0.39, 0.29) is 29.9 Å². The Morgan fingerprint density at radius 2 is 1.50 bits per heavy atom. The minimum atomic E-state index is -4.31. The van der Waals surface area contributed by atoms with Crippen LogP contribution < -0.4 is 10.6 Å². The minimum absolute atomic E-state index is 0.196. The molecule has 0 saturated carbocycles. The predicted octanol–water partition coefficient (Wildman–Crippen LogP) is 2.19. The molecule has 1 aliphatic heterocycles. The van der Waals surface area contributed by atoms with Gasteiger partial charge in [0, 0.05) is 40.4 Å². The number of thiophene rings is 1. The van der Waals surface area contributed by atoms with Crippen molar-refractivity contribution in [3.8, 4) is 11.1 Å². The van der Waals surface area contributed by atoms with Gasteiger partial charge in [-0.1, -0.05) is 13.8 Å². The number of rotatable bonds is 9. The van der Waals surface area contributed by atoms with Crippen molar-refractivity contribution in [1.82, 2.24) is 15.6 Å². The van der Waals surface area contributed by atoms with Crippen LogP contribution in [0.2, 0.25) is 0 Å². The van der Waals surface area contributed by atoms with Gasteiger partial charge >= 0.3 is 0 Å². The number of amides is 2. The lowest BCUT2D eigenvalue weighted by Crippen LogP contribution is -2.32. The SMILES string of the molecule is CC1(C)C=Nc2c1cc(-c1cc(C(=O)NCCS(=O)(=O)O)nc(C(=O)NCCS(=O)(=O)O)c1)c1sccc21. The molecule has 3 aromatic rings. The van der Waals surface area contributed by atoms with Gasteiger partial charge in [-0.3, -0.25) is 23.7 Å². The Morgan fingerprint density at radius 1 is 0.947 bits per heavy atom. The fourth-order valence-corrected chi connectivity index (χ4v) is 5.61. The van der Waals surface area contributed by atoms with E-state index in [9.17, 15) is 26.4 Å². The molecule has 4 N–H and O–H groups in total. The van der Waals surface area contributed by atoms with Crippen molar-refractivity contribution in [2.24, 2.45) is 4.99 Å². The number of fused-ring (bicyclic) bond motifs is 3. The Labute approximate surface area is 222 Å². The van der Waals surface area contributed by atoms with Crippen LogP contribution in [0.3, 0.4) is 0 Å². The third-order valence-electron chi connectivity index (χ3n) is 5.81. The van der Waals surface area contributed by atoms with E-state index in [1.165, 1.54) is 23.5 Å². The molecule has 0 fully saturated rings. The monoisotopic (exact) mass is 580 g/mol. The highest BCUT2D eigenvalue weighted by atomic mass is 32.2. The number of hydrogen-bond acceptors (Lipinski definition) is 9. The molecular weight excluding hydrogens is 556 g/mol. The Bertz CT molecular complexity index is 1620. The van der Waals surface area contributed by atoms with Crippen LogP contribution in [0.5, 0.6) is 0 Å². The van der Waals surface area contributed by atoms with Crippen molar-refractivity contribution in [1.29, 1.82) is 0 Å². The summed E-state index contributed by atoms with van der Waals surface area (Å²) in [5.41, 5.74) is 2.23. The molecule has 0 aliphatic carbocycles. The van der Waals surface area contributed by atoms with Crippen molar-refractivity contribution in [2.75, 3.05) is 24.6 Å². The van der Waals surface area contributed by atoms with Gasteiger partial charge in [0.15, 0.2) is 0 Å². The lowest BCUT2D eigenvalue weighted by atomic mass is 9.84. The summed E-state index contributed by atoms with van der Waals surface area (Å²) in [6.07, 6.45) is 1.85. The first-order valence-corrected chi connectivity index (χ1v) is 15.3. The largest absolute Gasteiger partial charge is 0.350 e. The molecular formula is C23H24N4O8S3. The molecule has 12 nitrogen and oxygen atoms in total. The number of aliphatic imine (C=N–C) groups is 1. The normalized spacial score (nSPS) is 14.4. The van der Waals surface area contributed by atoms with Crippen LogP contribution in [-0.4, -0.2) is 73.5 Å². The third-order valence-corrected chi connectivity index (χ3v) is 8.20. The average Bonchev–Trinajstić information content (AvgIpc) is 3.41. The van der Waals surface area contributed by atoms with Crippen molar-refractivity contribution < 1.29 is 35.5 Å². The fraction of sp³-hybridized carbons (Fsp3) is 0.304. The van der Waals surface area contributed by atoms with Crippen LogP contribution in [-0.2, 0) is 25.7 Å². The van der Waals surface area contributed by atoms with E-state index in [1.54, 1.807) is 0 Å². The summed E-state index contributed by atoms with van der Waals surface area (Å²) in [6.45, 7) is 3.25. The Balaban J connectivity index is 1.78. The zero-order valence-corrected chi connectivity index (χ0v) is 22.7. The molecule has 202 valence electrons. The molecule has 1 aromatic carbocycles. The second-order valence-electron chi connectivity index (χ2n) is 9.17. The predicted molar refractivity (Wildman–Crippen MR) is 144 cm³/mol. The van der Waals surface area contributed by atoms with Gasteiger partial charge in [-0.25, -0.2) is 4.98 Å². The zero-order valence-electron chi connectivity index (χ0n) is 20.3. The average molecular weight is 581 g/mol. The highest BCUT2D eigenvalue weighted by molar-refractivity contribution is 7.86.